The smallest absolute Gasteiger partial charge is 0.322 e. The number of anilines is 1. The Morgan fingerprint density at radius 3 is 2.42 bits per heavy atom. The van der Waals surface area contributed by atoms with Gasteiger partial charge in [0.15, 0.2) is 0 Å². The van der Waals surface area contributed by atoms with E-state index in [1.54, 1.807) is 12.1 Å². The number of carbonyl (C=O) groups excluding carboxylic acids is 1. The monoisotopic (exact) mass is 446 g/mol. The molecule has 0 radical (unpaired) electrons. The second kappa shape index (κ2) is 9.80. The number of unbranched alkanes of at least 4 members (excludes halogenated alkanes) is 1. The average Bonchev–Trinajstić information content (AvgIpc) is 3.20. The number of carbonyl (C=O) groups is 1. The summed E-state index contributed by atoms with van der Waals surface area (Å²) in [7, 11) is -2.07. The molecule has 0 saturated carbocycles. The molecule has 0 bridgehead atoms. The number of sulfonamides is 1. The first-order chi connectivity index (χ1) is 14.8. The molecule has 8 nitrogen and oxygen atoms in total. The average molecular weight is 447 g/mol. The van der Waals surface area contributed by atoms with E-state index < -0.39 is 15.9 Å². The lowest BCUT2D eigenvalue weighted by Gasteiger charge is -2.16. The van der Waals surface area contributed by atoms with Gasteiger partial charge in [-0.05, 0) is 48.4 Å². The van der Waals surface area contributed by atoms with Crippen molar-refractivity contribution in [1.29, 1.82) is 0 Å². The summed E-state index contributed by atoms with van der Waals surface area (Å²) < 4.78 is 44.8. The molecule has 0 atom stereocenters. The van der Waals surface area contributed by atoms with E-state index in [-0.39, 0.29) is 28.2 Å². The molecule has 3 aromatic rings. The van der Waals surface area contributed by atoms with Crippen molar-refractivity contribution in [2.45, 2.75) is 31.1 Å². The molecular weight excluding hydrogens is 423 g/mol. The van der Waals surface area contributed by atoms with Crippen molar-refractivity contribution in [3.63, 3.8) is 0 Å². The molecule has 0 aliphatic rings. The summed E-state index contributed by atoms with van der Waals surface area (Å²) in [5.41, 5.74) is 1.03. The molecule has 1 amide bonds. The van der Waals surface area contributed by atoms with Gasteiger partial charge in [-0.15, -0.1) is 5.10 Å². The molecule has 1 heterocycles. The summed E-state index contributed by atoms with van der Waals surface area (Å²) >= 11 is 0. The van der Waals surface area contributed by atoms with Crippen LogP contribution in [0.3, 0.4) is 0 Å². The van der Waals surface area contributed by atoms with Crippen LogP contribution in [0.25, 0.3) is 0 Å². The molecular formula is C21H23FN4O4S. The van der Waals surface area contributed by atoms with Gasteiger partial charge in [0, 0.05) is 19.2 Å². The van der Waals surface area contributed by atoms with Gasteiger partial charge in [-0.1, -0.05) is 30.6 Å². The lowest BCUT2D eigenvalue weighted by molar-refractivity contribution is 0.102. The number of nitrogens with one attached hydrogen (secondary N) is 1. The molecule has 3 rings (SSSR count). The first-order valence-electron chi connectivity index (χ1n) is 9.74. The zero-order valence-corrected chi connectivity index (χ0v) is 18.0. The van der Waals surface area contributed by atoms with E-state index in [9.17, 15) is 17.6 Å². The van der Waals surface area contributed by atoms with Crippen molar-refractivity contribution in [3.05, 3.63) is 71.4 Å². The summed E-state index contributed by atoms with van der Waals surface area (Å²) in [5.74, 6) is -0.590. The summed E-state index contributed by atoms with van der Waals surface area (Å²) in [6.07, 6.45) is 1.95. The fraction of sp³-hybridized carbons (Fsp3) is 0.286. The third kappa shape index (κ3) is 5.74. The number of hydrogen-bond donors (Lipinski definition) is 1. The van der Waals surface area contributed by atoms with Gasteiger partial charge in [0.2, 0.25) is 15.9 Å². The fourth-order valence-corrected chi connectivity index (χ4v) is 3.99. The van der Waals surface area contributed by atoms with Crippen molar-refractivity contribution >= 4 is 21.9 Å². The Labute approximate surface area is 180 Å². The minimum atomic E-state index is -3.60. The van der Waals surface area contributed by atoms with Crippen molar-refractivity contribution in [3.8, 4) is 0 Å². The standard InChI is InChI=1S/C21H23FN4O4S/c1-3-4-13-26(2)31(28,29)18-11-7-16(8-12-18)20(27)23-21-25-24-19(30-21)14-15-5-9-17(22)10-6-15/h5-12H,3-4,13-14H2,1-2H3,(H,23,25,27). The molecule has 0 saturated heterocycles. The maximum absolute atomic E-state index is 13.0. The molecule has 164 valence electrons. The molecule has 2 aromatic carbocycles. The fourth-order valence-electron chi connectivity index (χ4n) is 2.78. The van der Waals surface area contributed by atoms with Crippen LogP contribution in [0.5, 0.6) is 0 Å². The summed E-state index contributed by atoms with van der Waals surface area (Å²) in [6.45, 7) is 2.42. The molecule has 0 aliphatic heterocycles. The second-order valence-electron chi connectivity index (χ2n) is 6.96. The van der Waals surface area contributed by atoms with Crippen LogP contribution in [-0.4, -0.2) is 42.4 Å². The van der Waals surface area contributed by atoms with E-state index in [1.807, 2.05) is 6.92 Å². The van der Waals surface area contributed by atoms with Gasteiger partial charge < -0.3 is 4.42 Å². The number of benzene rings is 2. The van der Waals surface area contributed by atoms with E-state index in [1.165, 1.54) is 47.8 Å². The third-order valence-corrected chi connectivity index (χ3v) is 6.48. The van der Waals surface area contributed by atoms with Crippen LogP contribution >= 0.6 is 0 Å². The zero-order valence-electron chi connectivity index (χ0n) is 17.2. The maximum Gasteiger partial charge on any atom is 0.322 e. The molecule has 1 N–H and O–H groups in total. The normalized spacial score (nSPS) is 11.6. The van der Waals surface area contributed by atoms with Crippen molar-refractivity contribution in [2.75, 3.05) is 18.9 Å². The number of rotatable bonds is 9. The largest absolute Gasteiger partial charge is 0.407 e. The predicted octanol–water partition coefficient (Wildman–Crippen LogP) is 3.47. The predicted molar refractivity (Wildman–Crippen MR) is 113 cm³/mol. The minimum Gasteiger partial charge on any atom is -0.407 e. The van der Waals surface area contributed by atoms with Gasteiger partial charge in [-0.2, -0.15) is 0 Å². The molecule has 31 heavy (non-hydrogen) atoms. The molecule has 0 unspecified atom stereocenters. The maximum atomic E-state index is 13.0. The van der Waals surface area contributed by atoms with Gasteiger partial charge in [0.1, 0.15) is 5.82 Å². The third-order valence-electron chi connectivity index (χ3n) is 4.61. The minimum absolute atomic E-state index is 0.0851. The lowest BCUT2D eigenvalue weighted by Crippen LogP contribution is -2.28. The Hall–Kier alpha value is -3.11. The van der Waals surface area contributed by atoms with Crippen molar-refractivity contribution in [2.24, 2.45) is 0 Å². The highest BCUT2D eigenvalue weighted by Crippen LogP contribution is 2.17. The lowest BCUT2D eigenvalue weighted by atomic mass is 10.1. The highest BCUT2D eigenvalue weighted by molar-refractivity contribution is 7.89. The van der Waals surface area contributed by atoms with Gasteiger partial charge in [-0.25, -0.2) is 17.1 Å². The Balaban J connectivity index is 1.63. The second-order valence-corrected chi connectivity index (χ2v) is 9.01. The van der Waals surface area contributed by atoms with E-state index in [0.717, 1.165) is 18.4 Å². The summed E-state index contributed by atoms with van der Waals surface area (Å²) in [6, 6.07) is 11.4. The molecule has 10 heteroatoms. The molecule has 0 aliphatic carbocycles. The van der Waals surface area contributed by atoms with Crippen molar-refractivity contribution < 1.29 is 22.0 Å². The topological polar surface area (TPSA) is 105 Å². The number of nitrogens with zero attached hydrogens (tertiary/aromatic N) is 3. The number of halogens is 1. The van der Waals surface area contributed by atoms with Crippen LogP contribution in [-0.2, 0) is 16.4 Å². The van der Waals surface area contributed by atoms with Gasteiger partial charge in [-0.3, -0.25) is 10.1 Å². The Kier molecular flexibility index (Phi) is 7.13. The van der Waals surface area contributed by atoms with Crippen LogP contribution in [0.4, 0.5) is 10.4 Å². The summed E-state index contributed by atoms with van der Waals surface area (Å²) in [4.78, 5) is 12.5. The van der Waals surface area contributed by atoms with Crippen LogP contribution < -0.4 is 5.32 Å². The van der Waals surface area contributed by atoms with Crippen LogP contribution in [0.2, 0.25) is 0 Å². The van der Waals surface area contributed by atoms with Crippen LogP contribution in [0.15, 0.2) is 57.8 Å². The summed E-state index contributed by atoms with van der Waals surface area (Å²) in [5, 5.41) is 10.1. The number of hydrogen-bond acceptors (Lipinski definition) is 6. The first kappa shape index (κ1) is 22.6. The van der Waals surface area contributed by atoms with E-state index >= 15 is 0 Å². The first-order valence-corrected chi connectivity index (χ1v) is 11.2. The van der Waals surface area contributed by atoms with Crippen LogP contribution in [0.1, 0.15) is 41.6 Å². The SMILES string of the molecule is CCCCN(C)S(=O)(=O)c1ccc(C(=O)Nc2nnc(Cc3ccc(F)cc3)o2)cc1. The number of amides is 1. The van der Waals surface area contributed by atoms with Gasteiger partial charge in [0.05, 0.1) is 11.3 Å². The highest BCUT2D eigenvalue weighted by Gasteiger charge is 2.21. The van der Waals surface area contributed by atoms with Gasteiger partial charge in [0.25, 0.3) is 5.91 Å². The van der Waals surface area contributed by atoms with E-state index in [4.69, 9.17) is 4.42 Å². The Bertz CT molecular complexity index is 1130. The van der Waals surface area contributed by atoms with E-state index in [2.05, 4.69) is 15.5 Å². The zero-order chi connectivity index (χ0) is 22.4. The van der Waals surface area contributed by atoms with Crippen molar-refractivity contribution in [1.82, 2.24) is 14.5 Å². The van der Waals surface area contributed by atoms with Crippen LogP contribution in [0, 0.1) is 5.82 Å². The highest BCUT2D eigenvalue weighted by atomic mass is 32.2. The molecule has 0 spiro atoms. The molecule has 1 aromatic heterocycles. The Morgan fingerprint density at radius 1 is 1.10 bits per heavy atom. The quantitative estimate of drug-likeness (QED) is 0.540. The van der Waals surface area contributed by atoms with E-state index in [0.29, 0.717) is 13.0 Å². The number of aromatic nitrogens is 2. The van der Waals surface area contributed by atoms with Gasteiger partial charge >= 0.3 is 6.01 Å². The molecule has 0 fully saturated rings. The Morgan fingerprint density at radius 2 is 1.77 bits per heavy atom.